The molecule has 1 aliphatic rings. The second-order valence-corrected chi connectivity index (χ2v) is 6.94. The number of esters is 1. The fourth-order valence-electron chi connectivity index (χ4n) is 3.30. The SMILES string of the molecule is CCOC(=O)c1c(C)nn(C)c1NC(=O)c1ccc2c(c1)C(=O)N(C(C)C)C2=O. The predicted octanol–water partition coefficient (Wildman–Crippen LogP) is 2.16. The summed E-state index contributed by atoms with van der Waals surface area (Å²) in [6.07, 6.45) is 0. The van der Waals surface area contributed by atoms with Gasteiger partial charge in [0.05, 0.1) is 23.4 Å². The van der Waals surface area contributed by atoms with E-state index in [-0.39, 0.29) is 46.6 Å². The summed E-state index contributed by atoms with van der Waals surface area (Å²) in [5.41, 5.74) is 1.22. The van der Waals surface area contributed by atoms with E-state index in [1.165, 1.54) is 22.9 Å². The number of anilines is 1. The molecule has 0 saturated heterocycles. The number of rotatable bonds is 5. The lowest BCUT2D eigenvalue weighted by atomic mass is 10.1. The fraction of sp³-hybridized carbons (Fsp3) is 0.350. The van der Waals surface area contributed by atoms with Crippen LogP contribution in [0.4, 0.5) is 5.82 Å². The molecule has 0 bridgehead atoms. The number of aryl methyl sites for hydroxylation is 2. The molecule has 152 valence electrons. The molecule has 0 spiro atoms. The molecule has 0 unspecified atom stereocenters. The lowest BCUT2D eigenvalue weighted by molar-refractivity contribution is 0.0525. The van der Waals surface area contributed by atoms with Crippen LogP contribution in [0.5, 0.6) is 0 Å². The smallest absolute Gasteiger partial charge is 0.343 e. The number of carbonyl (C=O) groups is 4. The van der Waals surface area contributed by atoms with Crippen LogP contribution in [0.25, 0.3) is 0 Å². The Labute approximate surface area is 167 Å². The van der Waals surface area contributed by atoms with Crippen molar-refractivity contribution in [3.05, 3.63) is 46.1 Å². The van der Waals surface area contributed by atoms with E-state index in [1.807, 2.05) is 0 Å². The number of benzene rings is 1. The molecule has 0 saturated carbocycles. The summed E-state index contributed by atoms with van der Waals surface area (Å²) in [6, 6.07) is 4.04. The van der Waals surface area contributed by atoms with Crippen LogP contribution in [0.1, 0.15) is 67.9 Å². The maximum absolute atomic E-state index is 12.8. The molecule has 9 nitrogen and oxygen atoms in total. The minimum atomic E-state index is -0.587. The molecule has 29 heavy (non-hydrogen) atoms. The fourth-order valence-corrected chi connectivity index (χ4v) is 3.30. The first-order valence-corrected chi connectivity index (χ1v) is 9.21. The lowest BCUT2D eigenvalue weighted by Crippen LogP contribution is -2.35. The molecule has 3 amide bonds. The van der Waals surface area contributed by atoms with Crippen molar-refractivity contribution < 1.29 is 23.9 Å². The third kappa shape index (κ3) is 3.39. The number of aromatic nitrogens is 2. The molecule has 0 aliphatic carbocycles. The monoisotopic (exact) mass is 398 g/mol. The summed E-state index contributed by atoms with van der Waals surface area (Å²) in [4.78, 5) is 51.1. The van der Waals surface area contributed by atoms with Crippen LogP contribution in [-0.2, 0) is 11.8 Å². The highest BCUT2D eigenvalue weighted by atomic mass is 16.5. The topological polar surface area (TPSA) is 111 Å². The number of amides is 3. The third-order valence-corrected chi connectivity index (χ3v) is 4.63. The summed E-state index contributed by atoms with van der Waals surface area (Å²) < 4.78 is 6.42. The van der Waals surface area contributed by atoms with E-state index in [2.05, 4.69) is 10.4 Å². The Kier molecular flexibility index (Phi) is 5.23. The highest BCUT2D eigenvalue weighted by molar-refractivity contribution is 6.22. The van der Waals surface area contributed by atoms with E-state index in [0.29, 0.717) is 5.69 Å². The number of carbonyl (C=O) groups excluding carboxylic acids is 4. The van der Waals surface area contributed by atoms with E-state index in [0.717, 1.165) is 4.90 Å². The van der Waals surface area contributed by atoms with Gasteiger partial charge in [0.1, 0.15) is 11.4 Å². The van der Waals surface area contributed by atoms with Gasteiger partial charge >= 0.3 is 5.97 Å². The van der Waals surface area contributed by atoms with Crippen LogP contribution in [-0.4, -0.2) is 51.0 Å². The Morgan fingerprint density at radius 3 is 2.45 bits per heavy atom. The van der Waals surface area contributed by atoms with Crippen LogP contribution in [0.2, 0.25) is 0 Å². The van der Waals surface area contributed by atoms with Crippen molar-refractivity contribution in [3.63, 3.8) is 0 Å². The largest absolute Gasteiger partial charge is 0.462 e. The molecule has 0 radical (unpaired) electrons. The normalized spacial score (nSPS) is 13.1. The van der Waals surface area contributed by atoms with Gasteiger partial charge in [-0.25, -0.2) is 4.79 Å². The molecule has 0 atom stereocenters. The van der Waals surface area contributed by atoms with Crippen molar-refractivity contribution >= 4 is 29.5 Å². The Bertz CT molecular complexity index is 1040. The van der Waals surface area contributed by atoms with Crippen molar-refractivity contribution in [3.8, 4) is 0 Å². The number of nitrogens with zero attached hydrogens (tertiary/aromatic N) is 3. The molecule has 2 heterocycles. The number of imide groups is 1. The van der Waals surface area contributed by atoms with E-state index in [1.54, 1.807) is 34.7 Å². The lowest BCUT2D eigenvalue weighted by Gasteiger charge is -2.17. The summed E-state index contributed by atoms with van der Waals surface area (Å²) >= 11 is 0. The molecule has 1 aliphatic heterocycles. The highest BCUT2D eigenvalue weighted by Gasteiger charge is 2.37. The quantitative estimate of drug-likeness (QED) is 0.610. The Morgan fingerprint density at radius 1 is 1.17 bits per heavy atom. The number of nitrogens with one attached hydrogen (secondary N) is 1. The molecule has 9 heteroatoms. The summed E-state index contributed by atoms with van der Waals surface area (Å²) in [5.74, 6) is -1.74. The number of hydrogen-bond acceptors (Lipinski definition) is 6. The van der Waals surface area contributed by atoms with Crippen LogP contribution in [0, 0.1) is 6.92 Å². The van der Waals surface area contributed by atoms with Crippen LogP contribution in [0.3, 0.4) is 0 Å². The van der Waals surface area contributed by atoms with E-state index in [4.69, 9.17) is 4.74 Å². The zero-order valence-electron chi connectivity index (χ0n) is 16.9. The van der Waals surface area contributed by atoms with E-state index < -0.39 is 17.8 Å². The van der Waals surface area contributed by atoms with E-state index >= 15 is 0 Å². The zero-order valence-corrected chi connectivity index (χ0v) is 16.9. The minimum absolute atomic E-state index is 0.168. The van der Waals surface area contributed by atoms with Gasteiger partial charge in [-0.05, 0) is 45.9 Å². The molecular weight excluding hydrogens is 376 g/mol. The molecule has 0 fully saturated rings. The van der Waals surface area contributed by atoms with Gasteiger partial charge in [-0.15, -0.1) is 0 Å². The Morgan fingerprint density at radius 2 is 1.83 bits per heavy atom. The number of fused-ring (bicyclic) bond motifs is 1. The van der Waals surface area contributed by atoms with E-state index in [9.17, 15) is 19.2 Å². The number of ether oxygens (including phenoxy) is 1. The summed E-state index contributed by atoms with van der Waals surface area (Å²) in [6.45, 7) is 7.01. The van der Waals surface area contributed by atoms with Gasteiger partial charge in [0.15, 0.2) is 0 Å². The molecule has 1 aromatic carbocycles. The van der Waals surface area contributed by atoms with Crippen molar-refractivity contribution in [1.82, 2.24) is 14.7 Å². The molecule has 3 rings (SSSR count). The molecule has 1 N–H and O–H groups in total. The van der Waals surface area contributed by atoms with Gasteiger partial charge < -0.3 is 10.1 Å². The first kappa shape index (κ1) is 20.2. The Hall–Kier alpha value is -3.49. The predicted molar refractivity (Wildman–Crippen MR) is 104 cm³/mol. The van der Waals surface area contributed by atoms with Crippen molar-refractivity contribution in [2.75, 3.05) is 11.9 Å². The summed E-state index contributed by atoms with van der Waals surface area (Å²) in [7, 11) is 1.59. The second-order valence-electron chi connectivity index (χ2n) is 6.94. The van der Waals surface area contributed by atoms with Crippen LogP contribution >= 0.6 is 0 Å². The van der Waals surface area contributed by atoms with Crippen molar-refractivity contribution in [1.29, 1.82) is 0 Å². The standard InChI is InChI=1S/C20H22N4O5/c1-6-29-20(28)15-11(4)22-23(5)16(15)21-17(25)12-7-8-13-14(9-12)19(27)24(10(2)3)18(13)26/h7-10H,6H2,1-5H3,(H,21,25). The van der Waals surface area contributed by atoms with Gasteiger partial charge in [0.25, 0.3) is 17.7 Å². The molecule has 2 aromatic rings. The molecule has 1 aromatic heterocycles. The van der Waals surface area contributed by atoms with Crippen LogP contribution in [0.15, 0.2) is 18.2 Å². The van der Waals surface area contributed by atoms with Gasteiger partial charge in [0, 0.05) is 18.7 Å². The van der Waals surface area contributed by atoms with Gasteiger partial charge in [-0.3, -0.25) is 24.0 Å². The first-order chi connectivity index (χ1) is 13.7. The number of hydrogen-bond donors (Lipinski definition) is 1. The average Bonchev–Trinajstić information content (AvgIpc) is 3.07. The minimum Gasteiger partial charge on any atom is -0.462 e. The highest BCUT2D eigenvalue weighted by Crippen LogP contribution is 2.27. The Balaban J connectivity index is 1.92. The van der Waals surface area contributed by atoms with Gasteiger partial charge in [0.2, 0.25) is 0 Å². The maximum Gasteiger partial charge on any atom is 0.343 e. The third-order valence-electron chi connectivity index (χ3n) is 4.63. The molecular formula is C20H22N4O5. The van der Waals surface area contributed by atoms with Crippen molar-refractivity contribution in [2.24, 2.45) is 7.05 Å². The van der Waals surface area contributed by atoms with Crippen molar-refractivity contribution in [2.45, 2.75) is 33.7 Å². The second kappa shape index (κ2) is 7.50. The zero-order chi connectivity index (χ0) is 21.5. The average molecular weight is 398 g/mol. The maximum atomic E-state index is 12.8. The van der Waals surface area contributed by atoms with Gasteiger partial charge in [-0.1, -0.05) is 0 Å². The summed E-state index contributed by atoms with van der Waals surface area (Å²) in [5, 5.41) is 6.82. The first-order valence-electron chi connectivity index (χ1n) is 9.21. The van der Waals surface area contributed by atoms with Gasteiger partial charge in [-0.2, -0.15) is 5.10 Å². The van der Waals surface area contributed by atoms with Crippen LogP contribution < -0.4 is 5.32 Å².